The number of fused-ring (bicyclic) bond motifs is 1. The topological polar surface area (TPSA) is 50.9 Å². The lowest BCUT2D eigenvalue weighted by molar-refractivity contribution is 0.761. The van der Waals surface area contributed by atoms with Gasteiger partial charge in [0.1, 0.15) is 0 Å². The van der Waals surface area contributed by atoms with E-state index in [2.05, 4.69) is 28.5 Å². The van der Waals surface area contributed by atoms with E-state index in [9.17, 15) is 0 Å². The molecule has 1 aromatic heterocycles. The van der Waals surface area contributed by atoms with Crippen LogP contribution in [0.5, 0.6) is 0 Å². The van der Waals surface area contributed by atoms with Gasteiger partial charge in [0.05, 0.1) is 17.9 Å². The van der Waals surface area contributed by atoms with Gasteiger partial charge in [-0.05, 0) is 55.2 Å². The standard InChI is InChI=1S/C15H17N3/c1-10-2-5-13(9-17-10)18-15-7-3-11-8-12(16)4-6-14(11)15/h2,4-6,8-9,15,18H,3,7,16H2,1H3. The van der Waals surface area contributed by atoms with Gasteiger partial charge in [0.2, 0.25) is 0 Å². The van der Waals surface area contributed by atoms with Gasteiger partial charge in [-0.15, -0.1) is 0 Å². The molecule has 0 aliphatic heterocycles. The average molecular weight is 239 g/mol. The van der Waals surface area contributed by atoms with E-state index in [1.54, 1.807) is 0 Å². The second-order valence-corrected chi connectivity index (χ2v) is 4.88. The molecule has 0 bridgehead atoms. The van der Waals surface area contributed by atoms with Crippen LogP contribution < -0.4 is 11.1 Å². The fourth-order valence-electron chi connectivity index (χ4n) is 2.54. The smallest absolute Gasteiger partial charge is 0.0531 e. The third kappa shape index (κ3) is 2.04. The Morgan fingerprint density at radius 3 is 2.94 bits per heavy atom. The van der Waals surface area contributed by atoms with E-state index in [4.69, 9.17) is 5.73 Å². The van der Waals surface area contributed by atoms with Crippen LogP contribution in [-0.2, 0) is 6.42 Å². The fourth-order valence-corrected chi connectivity index (χ4v) is 2.54. The molecule has 1 heterocycles. The van der Waals surface area contributed by atoms with Crippen molar-refractivity contribution in [1.29, 1.82) is 0 Å². The van der Waals surface area contributed by atoms with Crippen molar-refractivity contribution in [3.05, 3.63) is 53.3 Å². The number of aromatic nitrogens is 1. The summed E-state index contributed by atoms with van der Waals surface area (Å²) in [5.41, 5.74) is 11.5. The summed E-state index contributed by atoms with van der Waals surface area (Å²) in [4.78, 5) is 4.31. The van der Waals surface area contributed by atoms with Gasteiger partial charge in [0, 0.05) is 11.4 Å². The lowest BCUT2D eigenvalue weighted by Gasteiger charge is -2.15. The molecule has 3 nitrogen and oxygen atoms in total. The maximum atomic E-state index is 5.82. The molecule has 1 atom stereocenters. The third-order valence-corrected chi connectivity index (χ3v) is 3.50. The number of hydrogen-bond acceptors (Lipinski definition) is 3. The maximum Gasteiger partial charge on any atom is 0.0531 e. The van der Waals surface area contributed by atoms with Crippen LogP contribution in [0.4, 0.5) is 11.4 Å². The number of pyridine rings is 1. The molecule has 1 aromatic carbocycles. The van der Waals surface area contributed by atoms with Gasteiger partial charge < -0.3 is 11.1 Å². The van der Waals surface area contributed by atoms with Crippen LogP contribution in [0, 0.1) is 6.92 Å². The SMILES string of the molecule is Cc1ccc(NC2CCc3cc(N)ccc32)cn1. The van der Waals surface area contributed by atoms with Crippen molar-refractivity contribution in [3.63, 3.8) is 0 Å². The van der Waals surface area contributed by atoms with Crippen molar-refractivity contribution in [2.75, 3.05) is 11.1 Å². The molecule has 2 aromatic rings. The molecule has 0 saturated carbocycles. The number of hydrogen-bond donors (Lipinski definition) is 2. The predicted octanol–water partition coefficient (Wildman–Crippen LogP) is 3.07. The normalized spacial score (nSPS) is 17.5. The molecule has 1 aliphatic rings. The number of aryl methyl sites for hydroxylation is 2. The highest BCUT2D eigenvalue weighted by molar-refractivity contribution is 5.51. The molecule has 0 radical (unpaired) electrons. The van der Waals surface area contributed by atoms with Crippen molar-refractivity contribution in [1.82, 2.24) is 4.98 Å². The zero-order valence-electron chi connectivity index (χ0n) is 10.5. The van der Waals surface area contributed by atoms with Crippen LogP contribution in [0.1, 0.15) is 29.3 Å². The monoisotopic (exact) mass is 239 g/mol. The first-order valence-corrected chi connectivity index (χ1v) is 6.30. The van der Waals surface area contributed by atoms with Crippen LogP contribution in [0.2, 0.25) is 0 Å². The molecule has 0 amide bonds. The minimum absolute atomic E-state index is 0.380. The van der Waals surface area contributed by atoms with Crippen LogP contribution in [0.15, 0.2) is 36.5 Å². The van der Waals surface area contributed by atoms with Gasteiger partial charge in [-0.25, -0.2) is 0 Å². The zero-order chi connectivity index (χ0) is 12.5. The first kappa shape index (κ1) is 11.1. The van der Waals surface area contributed by atoms with E-state index in [1.165, 1.54) is 11.1 Å². The van der Waals surface area contributed by atoms with Crippen LogP contribution in [0.25, 0.3) is 0 Å². The zero-order valence-corrected chi connectivity index (χ0v) is 10.5. The minimum atomic E-state index is 0.380. The van der Waals surface area contributed by atoms with Crippen molar-refractivity contribution < 1.29 is 0 Å². The number of nitrogens with zero attached hydrogens (tertiary/aromatic N) is 1. The van der Waals surface area contributed by atoms with Gasteiger partial charge in [0.25, 0.3) is 0 Å². The van der Waals surface area contributed by atoms with Gasteiger partial charge in [-0.1, -0.05) is 6.07 Å². The minimum Gasteiger partial charge on any atom is -0.399 e. The summed E-state index contributed by atoms with van der Waals surface area (Å²) in [6, 6.07) is 10.7. The van der Waals surface area contributed by atoms with E-state index >= 15 is 0 Å². The Bertz CT molecular complexity index is 560. The van der Waals surface area contributed by atoms with E-state index < -0.39 is 0 Å². The van der Waals surface area contributed by atoms with Crippen LogP contribution in [0.3, 0.4) is 0 Å². The Kier molecular flexibility index (Phi) is 2.67. The van der Waals surface area contributed by atoms with Crippen molar-refractivity contribution in [2.45, 2.75) is 25.8 Å². The number of benzene rings is 1. The van der Waals surface area contributed by atoms with Crippen molar-refractivity contribution in [2.24, 2.45) is 0 Å². The van der Waals surface area contributed by atoms with E-state index in [-0.39, 0.29) is 0 Å². The average Bonchev–Trinajstić information content (AvgIpc) is 2.74. The molecule has 3 heteroatoms. The lowest BCUT2D eigenvalue weighted by atomic mass is 10.1. The van der Waals surface area contributed by atoms with Crippen LogP contribution >= 0.6 is 0 Å². The van der Waals surface area contributed by atoms with Crippen molar-refractivity contribution in [3.8, 4) is 0 Å². The molecular weight excluding hydrogens is 222 g/mol. The Morgan fingerprint density at radius 2 is 2.17 bits per heavy atom. The molecule has 0 fully saturated rings. The Hall–Kier alpha value is -2.03. The molecular formula is C15H17N3. The third-order valence-electron chi connectivity index (χ3n) is 3.50. The first-order valence-electron chi connectivity index (χ1n) is 6.30. The molecule has 1 aliphatic carbocycles. The summed E-state index contributed by atoms with van der Waals surface area (Å²) in [5, 5.41) is 3.54. The molecule has 0 saturated heterocycles. The largest absolute Gasteiger partial charge is 0.399 e. The van der Waals surface area contributed by atoms with E-state index in [0.717, 1.165) is 29.9 Å². The van der Waals surface area contributed by atoms with Gasteiger partial charge in [0.15, 0.2) is 0 Å². The number of anilines is 2. The number of nitrogen functional groups attached to an aromatic ring is 1. The lowest BCUT2D eigenvalue weighted by Crippen LogP contribution is -2.07. The van der Waals surface area contributed by atoms with Crippen LogP contribution in [-0.4, -0.2) is 4.98 Å². The summed E-state index contributed by atoms with van der Waals surface area (Å²) < 4.78 is 0. The summed E-state index contributed by atoms with van der Waals surface area (Å²) >= 11 is 0. The van der Waals surface area contributed by atoms with Gasteiger partial charge in [-0.3, -0.25) is 4.98 Å². The molecule has 0 spiro atoms. The fraction of sp³-hybridized carbons (Fsp3) is 0.267. The molecule has 18 heavy (non-hydrogen) atoms. The van der Waals surface area contributed by atoms with E-state index in [0.29, 0.717) is 6.04 Å². The highest BCUT2D eigenvalue weighted by Gasteiger charge is 2.22. The Balaban J connectivity index is 1.82. The molecule has 1 unspecified atom stereocenters. The predicted molar refractivity (Wildman–Crippen MR) is 74.5 cm³/mol. The summed E-state index contributed by atoms with van der Waals surface area (Å²) in [5.74, 6) is 0. The maximum absolute atomic E-state index is 5.82. The Labute approximate surface area is 107 Å². The molecule has 3 rings (SSSR count). The quantitative estimate of drug-likeness (QED) is 0.792. The Morgan fingerprint density at radius 1 is 1.28 bits per heavy atom. The van der Waals surface area contributed by atoms with Gasteiger partial charge in [-0.2, -0.15) is 0 Å². The summed E-state index contributed by atoms with van der Waals surface area (Å²) in [6.07, 6.45) is 4.11. The number of nitrogens with one attached hydrogen (secondary N) is 1. The van der Waals surface area contributed by atoms with Gasteiger partial charge >= 0.3 is 0 Å². The van der Waals surface area contributed by atoms with Crippen molar-refractivity contribution >= 4 is 11.4 Å². The summed E-state index contributed by atoms with van der Waals surface area (Å²) in [7, 11) is 0. The second-order valence-electron chi connectivity index (χ2n) is 4.88. The highest BCUT2D eigenvalue weighted by atomic mass is 14.9. The number of rotatable bonds is 2. The number of nitrogens with two attached hydrogens (primary N) is 1. The molecule has 3 N–H and O–H groups in total. The van der Waals surface area contributed by atoms with E-state index in [1.807, 2.05) is 25.3 Å². The second kappa shape index (κ2) is 4.33. The summed E-state index contributed by atoms with van der Waals surface area (Å²) in [6.45, 7) is 2.00. The first-order chi connectivity index (χ1) is 8.72. The highest BCUT2D eigenvalue weighted by Crippen LogP contribution is 2.34. The molecule has 92 valence electrons.